The Labute approximate surface area is 130 Å². The molecule has 112 valence electrons. The predicted molar refractivity (Wildman–Crippen MR) is 88.1 cm³/mol. The summed E-state index contributed by atoms with van der Waals surface area (Å²) in [6.45, 7) is 4.01. The van der Waals surface area contributed by atoms with Crippen molar-refractivity contribution in [3.8, 4) is 0 Å². The summed E-state index contributed by atoms with van der Waals surface area (Å²) in [7, 11) is 0. The Bertz CT molecular complexity index is 542. The fraction of sp³-hybridized carbons (Fsp3) is 0.562. The monoisotopic (exact) mass is 303 g/mol. The van der Waals surface area contributed by atoms with Crippen molar-refractivity contribution >= 4 is 22.6 Å². The molecule has 0 radical (unpaired) electrons. The van der Waals surface area contributed by atoms with Crippen molar-refractivity contribution in [3.05, 3.63) is 29.8 Å². The Kier molecular flexibility index (Phi) is 3.78. The van der Waals surface area contributed by atoms with E-state index in [0.717, 1.165) is 26.2 Å². The number of anilines is 1. The minimum atomic E-state index is 0.303. The van der Waals surface area contributed by atoms with Crippen molar-refractivity contribution in [1.29, 1.82) is 0 Å². The highest BCUT2D eigenvalue weighted by Gasteiger charge is 2.30. The minimum Gasteiger partial charge on any atom is -0.382 e. The fourth-order valence-corrected chi connectivity index (χ4v) is 4.22. The maximum absolute atomic E-state index is 5.66. The molecule has 1 unspecified atom stereocenters. The fourth-order valence-electron chi connectivity index (χ4n) is 3.18. The van der Waals surface area contributed by atoms with E-state index in [2.05, 4.69) is 34.5 Å². The zero-order valence-electron chi connectivity index (χ0n) is 12.1. The summed E-state index contributed by atoms with van der Waals surface area (Å²) in [5.74, 6) is 1.19. The lowest BCUT2D eigenvalue weighted by Gasteiger charge is -2.15. The summed E-state index contributed by atoms with van der Waals surface area (Å²) in [4.78, 5) is 7.26. The molecule has 2 saturated heterocycles. The van der Waals surface area contributed by atoms with Crippen LogP contribution in [0.2, 0.25) is 0 Å². The van der Waals surface area contributed by atoms with E-state index in [1.54, 1.807) is 0 Å². The summed E-state index contributed by atoms with van der Waals surface area (Å²) in [6.07, 6.45) is 2.75. The smallest absolute Gasteiger partial charge is 0.160 e. The number of ether oxygens (including phenoxy) is 1. The van der Waals surface area contributed by atoms with Gasteiger partial charge in [0.05, 0.1) is 12.1 Å². The highest BCUT2D eigenvalue weighted by Crippen LogP contribution is 2.33. The molecule has 3 aliphatic rings. The highest BCUT2D eigenvalue weighted by atomic mass is 32.2. The first-order chi connectivity index (χ1) is 10.4. The number of amidine groups is 1. The van der Waals surface area contributed by atoms with Crippen molar-refractivity contribution in [2.24, 2.45) is 4.99 Å². The molecule has 3 aliphatic heterocycles. The molecule has 2 atom stereocenters. The van der Waals surface area contributed by atoms with Crippen LogP contribution in [0.3, 0.4) is 0 Å². The third kappa shape index (κ3) is 2.90. The molecule has 1 N–H and O–H groups in total. The number of aliphatic imine (C=N–C) groups is 1. The van der Waals surface area contributed by atoms with Gasteiger partial charge in [0.25, 0.3) is 0 Å². The summed E-state index contributed by atoms with van der Waals surface area (Å²) >= 11 is 1.89. The number of rotatable bonds is 4. The summed E-state index contributed by atoms with van der Waals surface area (Å²) in [5.41, 5.74) is 2.50. The van der Waals surface area contributed by atoms with E-state index in [-0.39, 0.29) is 0 Å². The summed E-state index contributed by atoms with van der Waals surface area (Å²) in [6, 6.07) is 9.01. The summed E-state index contributed by atoms with van der Waals surface area (Å²) in [5, 5.41) is 4.74. The van der Waals surface area contributed by atoms with Gasteiger partial charge in [-0.1, -0.05) is 23.9 Å². The molecule has 4 nitrogen and oxygen atoms in total. The van der Waals surface area contributed by atoms with Crippen LogP contribution in [0.5, 0.6) is 0 Å². The maximum Gasteiger partial charge on any atom is 0.160 e. The summed E-state index contributed by atoms with van der Waals surface area (Å²) < 4.78 is 5.66. The molecule has 3 heterocycles. The van der Waals surface area contributed by atoms with E-state index in [1.807, 2.05) is 11.8 Å². The minimum absolute atomic E-state index is 0.303. The van der Waals surface area contributed by atoms with Crippen molar-refractivity contribution in [1.82, 2.24) is 4.90 Å². The Balaban J connectivity index is 1.42. The SMILES string of the molecule is c1cc(NCC2CCCO2)cc([C@H]2CN3CCSC3=N2)c1. The Morgan fingerprint density at radius 2 is 2.43 bits per heavy atom. The Morgan fingerprint density at radius 3 is 3.29 bits per heavy atom. The average Bonchev–Trinajstić information content (AvgIpc) is 3.22. The molecule has 0 amide bonds. The molecule has 5 heteroatoms. The number of hydrogen-bond donors (Lipinski definition) is 1. The van der Waals surface area contributed by atoms with Crippen molar-refractivity contribution < 1.29 is 4.74 Å². The molecule has 21 heavy (non-hydrogen) atoms. The first kappa shape index (κ1) is 13.5. The van der Waals surface area contributed by atoms with Crippen LogP contribution in [0.25, 0.3) is 0 Å². The van der Waals surface area contributed by atoms with Gasteiger partial charge in [0.15, 0.2) is 5.17 Å². The highest BCUT2D eigenvalue weighted by molar-refractivity contribution is 8.14. The topological polar surface area (TPSA) is 36.9 Å². The van der Waals surface area contributed by atoms with Crippen LogP contribution in [0, 0.1) is 0 Å². The zero-order chi connectivity index (χ0) is 14.1. The van der Waals surface area contributed by atoms with Crippen LogP contribution >= 0.6 is 11.8 Å². The third-order valence-electron chi connectivity index (χ3n) is 4.35. The molecule has 4 rings (SSSR count). The van der Waals surface area contributed by atoms with Crippen LogP contribution < -0.4 is 5.32 Å². The molecule has 0 aliphatic carbocycles. The first-order valence-electron chi connectivity index (χ1n) is 7.79. The maximum atomic E-state index is 5.66. The molecule has 0 aromatic heterocycles. The molecule has 1 aromatic rings. The van der Waals surface area contributed by atoms with Gasteiger partial charge in [-0.05, 0) is 30.5 Å². The predicted octanol–water partition coefficient (Wildman–Crippen LogP) is 2.74. The number of thioether (sulfide) groups is 1. The second-order valence-electron chi connectivity index (χ2n) is 5.86. The molecule has 2 fully saturated rings. The number of nitrogens with one attached hydrogen (secondary N) is 1. The molecule has 1 aromatic carbocycles. The molecular weight excluding hydrogens is 282 g/mol. The standard InChI is InChI=1S/C16H21N3OS/c1-3-12(15-11-19-6-8-21-16(19)18-15)9-13(4-1)17-10-14-5-2-7-20-14/h1,3-4,9,14-15,17H,2,5-8,10-11H2/t14?,15-/m1/s1. The van der Waals surface area contributed by atoms with Crippen LogP contribution in [0.4, 0.5) is 5.69 Å². The van der Waals surface area contributed by atoms with Crippen LogP contribution in [-0.4, -0.2) is 48.2 Å². The number of benzene rings is 1. The van der Waals surface area contributed by atoms with E-state index in [9.17, 15) is 0 Å². The van der Waals surface area contributed by atoms with Gasteiger partial charge >= 0.3 is 0 Å². The quantitative estimate of drug-likeness (QED) is 0.928. The molecular formula is C16H21N3OS. The van der Waals surface area contributed by atoms with E-state index < -0.39 is 0 Å². The first-order valence-corrected chi connectivity index (χ1v) is 8.78. The Hall–Kier alpha value is -1.20. The lowest BCUT2D eigenvalue weighted by atomic mass is 10.1. The largest absolute Gasteiger partial charge is 0.382 e. The van der Waals surface area contributed by atoms with Gasteiger partial charge in [-0.2, -0.15) is 0 Å². The van der Waals surface area contributed by atoms with Crippen molar-refractivity contribution in [2.75, 3.05) is 37.3 Å². The van der Waals surface area contributed by atoms with E-state index in [1.165, 1.54) is 35.0 Å². The van der Waals surface area contributed by atoms with Crippen molar-refractivity contribution in [3.63, 3.8) is 0 Å². The third-order valence-corrected chi connectivity index (χ3v) is 5.36. The van der Waals surface area contributed by atoms with Gasteiger partial charge in [-0.25, -0.2) is 0 Å². The van der Waals surface area contributed by atoms with Crippen LogP contribution in [0.1, 0.15) is 24.4 Å². The second-order valence-corrected chi connectivity index (χ2v) is 6.93. The Morgan fingerprint density at radius 1 is 1.43 bits per heavy atom. The number of nitrogens with zero attached hydrogens (tertiary/aromatic N) is 2. The van der Waals surface area contributed by atoms with E-state index in [4.69, 9.17) is 9.73 Å². The normalized spacial score (nSPS) is 27.8. The van der Waals surface area contributed by atoms with Gasteiger partial charge in [-0.15, -0.1) is 0 Å². The van der Waals surface area contributed by atoms with E-state index in [0.29, 0.717) is 12.1 Å². The number of fused-ring (bicyclic) bond motifs is 1. The average molecular weight is 303 g/mol. The van der Waals surface area contributed by atoms with Crippen molar-refractivity contribution in [2.45, 2.75) is 25.0 Å². The second kappa shape index (κ2) is 5.89. The lowest BCUT2D eigenvalue weighted by molar-refractivity contribution is 0.120. The molecule has 0 spiro atoms. The molecule has 0 bridgehead atoms. The van der Waals surface area contributed by atoms with Gasteiger partial charge in [0.2, 0.25) is 0 Å². The lowest BCUT2D eigenvalue weighted by Crippen LogP contribution is -2.22. The van der Waals surface area contributed by atoms with Crippen LogP contribution in [0.15, 0.2) is 29.3 Å². The molecule has 0 saturated carbocycles. The van der Waals surface area contributed by atoms with Gasteiger partial charge in [0.1, 0.15) is 0 Å². The van der Waals surface area contributed by atoms with Gasteiger partial charge in [-0.3, -0.25) is 4.99 Å². The van der Waals surface area contributed by atoms with Gasteiger partial charge < -0.3 is 15.0 Å². The van der Waals surface area contributed by atoms with Crippen LogP contribution in [-0.2, 0) is 4.74 Å². The zero-order valence-corrected chi connectivity index (χ0v) is 12.9. The van der Waals surface area contributed by atoms with Gasteiger partial charge in [0, 0.05) is 37.7 Å². The number of hydrogen-bond acceptors (Lipinski definition) is 5. The van der Waals surface area contributed by atoms with E-state index >= 15 is 0 Å².